The van der Waals surface area contributed by atoms with Gasteiger partial charge < -0.3 is 24.2 Å². The second-order valence-corrected chi connectivity index (χ2v) is 15.7. The molecule has 53 heavy (non-hydrogen) atoms. The summed E-state index contributed by atoms with van der Waals surface area (Å²) in [6, 6.07) is 0. The molecule has 0 aromatic rings. The lowest BCUT2D eigenvalue weighted by molar-refractivity contribution is -0.172. The molecule has 314 valence electrons. The number of carbonyl (C=O) groups excluding carboxylic acids is 3. The lowest BCUT2D eigenvalue weighted by Crippen LogP contribution is -2.39. The third kappa shape index (κ3) is 31.3. The summed E-state index contributed by atoms with van der Waals surface area (Å²) in [6.07, 6.45) is 31.5. The van der Waals surface area contributed by atoms with E-state index in [2.05, 4.69) is 25.7 Å². The van der Waals surface area contributed by atoms with Crippen LogP contribution >= 0.6 is 0 Å². The molecule has 0 aliphatic heterocycles. The molecule has 8 heteroatoms. The summed E-state index contributed by atoms with van der Waals surface area (Å²) in [5.74, 6) is -0.920. The SMILES string of the molecule is CCCCCCCCCC(=O)OCCCCCCN(CCCO)CCCCCCC(C)(C(=O)OCCCCCCCC)C(=O)OCCCCCCCC. The highest BCUT2D eigenvalue weighted by Crippen LogP contribution is 2.29. The van der Waals surface area contributed by atoms with E-state index in [-0.39, 0.29) is 12.6 Å². The fraction of sp³-hybridized carbons (Fsp3) is 0.933. The van der Waals surface area contributed by atoms with Crippen LogP contribution in [0.1, 0.15) is 220 Å². The van der Waals surface area contributed by atoms with Crippen molar-refractivity contribution < 1.29 is 33.7 Å². The molecule has 8 nitrogen and oxygen atoms in total. The van der Waals surface area contributed by atoms with Crippen molar-refractivity contribution in [3.8, 4) is 0 Å². The second-order valence-electron chi connectivity index (χ2n) is 15.7. The number of aliphatic hydroxyl groups excluding tert-OH is 1. The van der Waals surface area contributed by atoms with Crippen molar-refractivity contribution in [2.75, 3.05) is 46.1 Å². The van der Waals surface area contributed by atoms with Crippen molar-refractivity contribution in [1.82, 2.24) is 4.90 Å². The Labute approximate surface area is 327 Å². The number of ether oxygens (including phenoxy) is 3. The van der Waals surface area contributed by atoms with Crippen molar-refractivity contribution in [2.24, 2.45) is 5.41 Å². The Balaban J connectivity index is 4.49. The van der Waals surface area contributed by atoms with Crippen LogP contribution in [0.4, 0.5) is 0 Å². The van der Waals surface area contributed by atoms with E-state index >= 15 is 0 Å². The minimum Gasteiger partial charge on any atom is -0.466 e. The molecule has 0 heterocycles. The van der Waals surface area contributed by atoms with E-state index in [4.69, 9.17) is 14.2 Å². The fourth-order valence-corrected chi connectivity index (χ4v) is 6.77. The highest BCUT2D eigenvalue weighted by molar-refractivity contribution is 5.99. The molecule has 0 atom stereocenters. The van der Waals surface area contributed by atoms with Crippen LogP contribution in [0.3, 0.4) is 0 Å². The Hall–Kier alpha value is -1.67. The van der Waals surface area contributed by atoms with Crippen LogP contribution in [0.5, 0.6) is 0 Å². The predicted octanol–water partition coefficient (Wildman–Crippen LogP) is 11.7. The van der Waals surface area contributed by atoms with E-state index in [1.54, 1.807) is 6.92 Å². The van der Waals surface area contributed by atoms with E-state index in [0.717, 1.165) is 129 Å². The number of nitrogens with zero attached hydrogens (tertiary/aromatic N) is 1. The number of carbonyl (C=O) groups is 3. The Morgan fingerprint density at radius 3 is 1.26 bits per heavy atom. The molecule has 0 bridgehead atoms. The quantitative estimate of drug-likeness (QED) is 0.0285. The average Bonchev–Trinajstić information content (AvgIpc) is 3.16. The van der Waals surface area contributed by atoms with Gasteiger partial charge in [0, 0.05) is 19.6 Å². The van der Waals surface area contributed by atoms with Crippen molar-refractivity contribution >= 4 is 17.9 Å². The summed E-state index contributed by atoms with van der Waals surface area (Å²) in [5, 5.41) is 9.43. The monoisotopic (exact) mass is 754 g/mol. The highest BCUT2D eigenvalue weighted by Gasteiger charge is 2.43. The smallest absolute Gasteiger partial charge is 0.323 e. The first kappa shape index (κ1) is 51.3. The standard InChI is InChI=1S/C45H87NO7/c1-5-8-11-14-17-18-25-33-42(48)51-39-29-24-21-28-36-46(37-32-38-47)35-27-20-19-26-34-45(4,43(49)52-40-30-22-15-12-9-6-2)44(50)53-41-31-23-16-13-10-7-3/h47H,5-41H2,1-4H3. The number of rotatable bonds is 41. The van der Waals surface area contributed by atoms with E-state index < -0.39 is 17.4 Å². The molecule has 0 aromatic heterocycles. The Kier molecular flexibility index (Phi) is 37.4. The van der Waals surface area contributed by atoms with Gasteiger partial charge in [0.15, 0.2) is 5.41 Å². The number of hydrogen-bond donors (Lipinski definition) is 1. The molecular formula is C45H87NO7. The van der Waals surface area contributed by atoms with Crippen molar-refractivity contribution in [3.05, 3.63) is 0 Å². The molecule has 0 saturated heterocycles. The van der Waals surface area contributed by atoms with Gasteiger partial charge in [0.25, 0.3) is 0 Å². The topological polar surface area (TPSA) is 102 Å². The zero-order valence-corrected chi connectivity index (χ0v) is 35.5. The fourth-order valence-electron chi connectivity index (χ4n) is 6.77. The predicted molar refractivity (Wildman–Crippen MR) is 220 cm³/mol. The summed E-state index contributed by atoms with van der Waals surface area (Å²) in [4.78, 5) is 41.0. The molecule has 0 aliphatic rings. The summed E-state index contributed by atoms with van der Waals surface area (Å²) < 4.78 is 16.8. The van der Waals surface area contributed by atoms with Crippen LogP contribution in [0.25, 0.3) is 0 Å². The normalized spacial score (nSPS) is 11.7. The molecular weight excluding hydrogens is 666 g/mol. The van der Waals surface area contributed by atoms with Crippen LogP contribution in [0.2, 0.25) is 0 Å². The minimum atomic E-state index is -1.26. The van der Waals surface area contributed by atoms with Crippen molar-refractivity contribution in [3.63, 3.8) is 0 Å². The van der Waals surface area contributed by atoms with E-state index in [9.17, 15) is 19.5 Å². The van der Waals surface area contributed by atoms with E-state index in [0.29, 0.717) is 32.7 Å². The number of esters is 3. The first-order valence-electron chi connectivity index (χ1n) is 22.7. The first-order chi connectivity index (χ1) is 25.8. The Morgan fingerprint density at radius 2 is 0.811 bits per heavy atom. The molecule has 1 N–H and O–H groups in total. The molecule has 0 fully saturated rings. The third-order valence-corrected chi connectivity index (χ3v) is 10.5. The van der Waals surface area contributed by atoms with Gasteiger partial charge >= 0.3 is 17.9 Å². The number of hydrogen-bond acceptors (Lipinski definition) is 8. The van der Waals surface area contributed by atoms with Gasteiger partial charge in [-0.25, -0.2) is 0 Å². The van der Waals surface area contributed by atoms with Gasteiger partial charge in [0.05, 0.1) is 19.8 Å². The summed E-state index contributed by atoms with van der Waals surface area (Å²) in [6.45, 7) is 12.7. The summed E-state index contributed by atoms with van der Waals surface area (Å²) in [5.41, 5.74) is -1.26. The van der Waals surface area contributed by atoms with Gasteiger partial charge in [-0.3, -0.25) is 14.4 Å². The largest absolute Gasteiger partial charge is 0.466 e. The van der Waals surface area contributed by atoms with Crippen LogP contribution in [-0.4, -0.2) is 74.0 Å². The third-order valence-electron chi connectivity index (χ3n) is 10.5. The molecule has 0 rings (SSSR count). The zero-order chi connectivity index (χ0) is 39.1. The summed E-state index contributed by atoms with van der Waals surface area (Å²) >= 11 is 0. The van der Waals surface area contributed by atoms with Crippen LogP contribution in [0, 0.1) is 5.41 Å². The van der Waals surface area contributed by atoms with Gasteiger partial charge in [-0.15, -0.1) is 0 Å². The molecule has 0 amide bonds. The molecule has 0 saturated carbocycles. The molecule has 0 unspecified atom stereocenters. The minimum absolute atomic E-state index is 0.0507. The first-order valence-corrected chi connectivity index (χ1v) is 22.7. The van der Waals surface area contributed by atoms with Crippen LogP contribution in [0.15, 0.2) is 0 Å². The lowest BCUT2D eigenvalue weighted by Gasteiger charge is -2.26. The Morgan fingerprint density at radius 1 is 0.453 bits per heavy atom. The van der Waals surface area contributed by atoms with Crippen LogP contribution in [-0.2, 0) is 28.6 Å². The van der Waals surface area contributed by atoms with E-state index in [1.165, 1.54) is 70.6 Å². The molecule has 0 spiro atoms. The number of aliphatic hydroxyl groups is 1. The second kappa shape index (κ2) is 38.6. The van der Waals surface area contributed by atoms with Gasteiger partial charge in [-0.05, 0) is 71.4 Å². The van der Waals surface area contributed by atoms with Gasteiger partial charge in [0.2, 0.25) is 0 Å². The highest BCUT2D eigenvalue weighted by atomic mass is 16.6. The number of unbranched alkanes of at least 4 members (excludes halogenated alkanes) is 22. The van der Waals surface area contributed by atoms with Gasteiger partial charge in [0.1, 0.15) is 0 Å². The maximum atomic E-state index is 13.3. The van der Waals surface area contributed by atoms with Crippen molar-refractivity contribution in [2.45, 2.75) is 220 Å². The maximum absolute atomic E-state index is 13.3. The Bertz CT molecular complexity index is 806. The lowest BCUT2D eigenvalue weighted by atomic mass is 9.84. The van der Waals surface area contributed by atoms with Gasteiger partial charge in [-0.1, -0.05) is 156 Å². The van der Waals surface area contributed by atoms with Crippen molar-refractivity contribution in [1.29, 1.82) is 0 Å². The molecule has 0 aliphatic carbocycles. The summed E-state index contributed by atoms with van der Waals surface area (Å²) in [7, 11) is 0. The average molecular weight is 754 g/mol. The van der Waals surface area contributed by atoms with Crippen LogP contribution < -0.4 is 0 Å². The molecule has 0 radical (unpaired) electrons. The van der Waals surface area contributed by atoms with Gasteiger partial charge in [-0.2, -0.15) is 0 Å². The van der Waals surface area contributed by atoms with E-state index in [1.807, 2.05) is 0 Å². The zero-order valence-electron chi connectivity index (χ0n) is 35.5. The maximum Gasteiger partial charge on any atom is 0.323 e. The molecule has 0 aromatic carbocycles.